The molecule has 0 aliphatic heterocycles. The van der Waals surface area contributed by atoms with E-state index in [9.17, 15) is 9.18 Å². The van der Waals surface area contributed by atoms with Gasteiger partial charge in [0.25, 0.3) is 0 Å². The lowest BCUT2D eigenvalue weighted by Crippen LogP contribution is -2.15. The van der Waals surface area contributed by atoms with Crippen LogP contribution in [0, 0.1) is 5.82 Å². The van der Waals surface area contributed by atoms with Crippen LogP contribution in [0.25, 0.3) is 0 Å². The predicted octanol–water partition coefficient (Wildman–Crippen LogP) is 2.83. The van der Waals surface area contributed by atoms with Gasteiger partial charge in [0, 0.05) is 19.8 Å². The lowest BCUT2D eigenvalue weighted by atomic mass is 10.1. The number of hydrogen-bond acceptors (Lipinski definition) is 4. The Morgan fingerprint density at radius 2 is 1.86 bits per heavy atom. The van der Waals surface area contributed by atoms with E-state index in [1.165, 1.54) is 12.1 Å². The SMILES string of the molecule is CN(C)c1ccc(N)cc1C(=O)OCc1ccc(F)cc1. The van der Waals surface area contributed by atoms with Crippen LogP contribution in [0.1, 0.15) is 15.9 Å². The van der Waals surface area contributed by atoms with Gasteiger partial charge in [0.05, 0.1) is 11.3 Å². The molecule has 0 bridgehead atoms. The minimum atomic E-state index is -0.463. The maximum atomic E-state index is 12.8. The standard InChI is InChI=1S/C16H17FN2O2/c1-19(2)15-8-7-13(18)9-14(15)16(20)21-10-11-3-5-12(17)6-4-11/h3-9H,10,18H2,1-2H3. The Morgan fingerprint density at radius 1 is 1.19 bits per heavy atom. The van der Waals surface area contributed by atoms with Crippen LogP contribution in [-0.4, -0.2) is 20.1 Å². The van der Waals surface area contributed by atoms with E-state index in [2.05, 4.69) is 0 Å². The summed E-state index contributed by atoms with van der Waals surface area (Å²) < 4.78 is 18.1. The molecule has 0 amide bonds. The predicted molar refractivity (Wildman–Crippen MR) is 80.7 cm³/mol. The van der Waals surface area contributed by atoms with Crippen LogP contribution in [0.15, 0.2) is 42.5 Å². The topological polar surface area (TPSA) is 55.6 Å². The van der Waals surface area contributed by atoms with Crippen molar-refractivity contribution in [2.45, 2.75) is 6.61 Å². The van der Waals surface area contributed by atoms with E-state index in [1.807, 2.05) is 19.0 Å². The van der Waals surface area contributed by atoms with Gasteiger partial charge in [-0.3, -0.25) is 0 Å². The van der Waals surface area contributed by atoms with E-state index in [4.69, 9.17) is 10.5 Å². The van der Waals surface area contributed by atoms with Crippen LogP contribution < -0.4 is 10.6 Å². The maximum Gasteiger partial charge on any atom is 0.340 e. The maximum absolute atomic E-state index is 12.8. The van der Waals surface area contributed by atoms with E-state index in [0.29, 0.717) is 11.3 Å². The van der Waals surface area contributed by atoms with Gasteiger partial charge in [-0.25, -0.2) is 9.18 Å². The molecule has 0 heterocycles. The molecule has 21 heavy (non-hydrogen) atoms. The number of halogens is 1. The van der Waals surface area contributed by atoms with Crippen molar-refractivity contribution >= 4 is 17.3 Å². The number of benzene rings is 2. The number of anilines is 2. The van der Waals surface area contributed by atoms with Gasteiger partial charge in [-0.05, 0) is 35.9 Å². The first-order valence-electron chi connectivity index (χ1n) is 6.46. The third kappa shape index (κ3) is 3.72. The Balaban J connectivity index is 2.13. The van der Waals surface area contributed by atoms with Gasteiger partial charge >= 0.3 is 5.97 Å². The molecule has 0 fully saturated rings. The Labute approximate surface area is 122 Å². The van der Waals surface area contributed by atoms with Crippen LogP contribution in [0.5, 0.6) is 0 Å². The van der Waals surface area contributed by atoms with Crippen molar-refractivity contribution in [2.24, 2.45) is 0 Å². The molecule has 0 saturated heterocycles. The van der Waals surface area contributed by atoms with E-state index in [-0.39, 0.29) is 12.4 Å². The van der Waals surface area contributed by atoms with Crippen LogP contribution in [0.3, 0.4) is 0 Å². The fraction of sp³-hybridized carbons (Fsp3) is 0.188. The van der Waals surface area contributed by atoms with Crippen molar-refractivity contribution in [2.75, 3.05) is 24.7 Å². The fourth-order valence-corrected chi connectivity index (χ4v) is 1.91. The molecule has 2 aromatic carbocycles. The molecule has 0 spiro atoms. The second-order valence-corrected chi connectivity index (χ2v) is 4.87. The number of ether oxygens (including phenoxy) is 1. The van der Waals surface area contributed by atoms with Gasteiger partial charge in [0.2, 0.25) is 0 Å². The first kappa shape index (κ1) is 14.8. The third-order valence-electron chi connectivity index (χ3n) is 3.01. The molecular weight excluding hydrogens is 271 g/mol. The lowest BCUT2D eigenvalue weighted by Gasteiger charge is -2.17. The first-order chi connectivity index (χ1) is 9.97. The summed E-state index contributed by atoms with van der Waals surface area (Å²) >= 11 is 0. The fourth-order valence-electron chi connectivity index (χ4n) is 1.91. The molecule has 2 N–H and O–H groups in total. The quantitative estimate of drug-likeness (QED) is 0.694. The summed E-state index contributed by atoms with van der Waals surface area (Å²) in [7, 11) is 3.67. The third-order valence-corrected chi connectivity index (χ3v) is 3.01. The van der Waals surface area contributed by atoms with E-state index < -0.39 is 5.97 Å². The average molecular weight is 288 g/mol. The average Bonchev–Trinajstić information content (AvgIpc) is 2.46. The monoisotopic (exact) mass is 288 g/mol. The molecule has 2 aromatic rings. The van der Waals surface area contributed by atoms with Gasteiger partial charge in [-0.1, -0.05) is 12.1 Å². The second-order valence-electron chi connectivity index (χ2n) is 4.87. The highest BCUT2D eigenvalue weighted by atomic mass is 19.1. The molecule has 0 unspecified atom stereocenters. The summed E-state index contributed by atoms with van der Waals surface area (Å²) in [5, 5.41) is 0. The van der Waals surface area contributed by atoms with Crippen LogP contribution >= 0.6 is 0 Å². The molecule has 0 atom stereocenters. The largest absolute Gasteiger partial charge is 0.457 e. The Bertz CT molecular complexity index is 639. The molecule has 4 nitrogen and oxygen atoms in total. The molecule has 0 aliphatic carbocycles. The highest BCUT2D eigenvalue weighted by Crippen LogP contribution is 2.22. The van der Waals surface area contributed by atoms with Gasteiger partial charge in [-0.2, -0.15) is 0 Å². The van der Waals surface area contributed by atoms with Crippen molar-refractivity contribution in [3.63, 3.8) is 0 Å². The summed E-state index contributed by atoms with van der Waals surface area (Å²) in [5.41, 5.74) is 8.07. The molecule has 0 aliphatic rings. The van der Waals surface area contributed by atoms with Crippen LogP contribution in [0.2, 0.25) is 0 Å². The number of esters is 1. The summed E-state index contributed by atoms with van der Waals surface area (Å²) in [6, 6.07) is 10.9. The Morgan fingerprint density at radius 3 is 2.48 bits per heavy atom. The second kappa shape index (κ2) is 6.26. The number of carbonyl (C=O) groups is 1. The molecule has 2 rings (SSSR count). The van der Waals surface area contributed by atoms with Crippen molar-refractivity contribution < 1.29 is 13.9 Å². The highest BCUT2D eigenvalue weighted by Gasteiger charge is 2.15. The summed E-state index contributed by atoms with van der Waals surface area (Å²) in [6.45, 7) is 0.0841. The Kier molecular flexibility index (Phi) is 4.42. The number of hydrogen-bond donors (Lipinski definition) is 1. The number of carbonyl (C=O) groups excluding carboxylic acids is 1. The normalized spacial score (nSPS) is 10.2. The van der Waals surface area contributed by atoms with Crippen molar-refractivity contribution in [1.82, 2.24) is 0 Å². The van der Waals surface area contributed by atoms with Crippen molar-refractivity contribution in [1.29, 1.82) is 0 Å². The van der Waals surface area contributed by atoms with Gasteiger partial charge in [-0.15, -0.1) is 0 Å². The zero-order valence-corrected chi connectivity index (χ0v) is 12.0. The molecule has 5 heteroatoms. The smallest absolute Gasteiger partial charge is 0.340 e. The number of nitrogens with zero attached hydrogens (tertiary/aromatic N) is 1. The van der Waals surface area contributed by atoms with Gasteiger partial charge in [0.15, 0.2) is 0 Å². The Hall–Kier alpha value is -2.56. The van der Waals surface area contributed by atoms with Crippen molar-refractivity contribution in [3.05, 3.63) is 59.4 Å². The number of rotatable bonds is 4. The van der Waals surface area contributed by atoms with Crippen LogP contribution in [-0.2, 0) is 11.3 Å². The zero-order valence-electron chi connectivity index (χ0n) is 12.0. The minimum absolute atomic E-state index is 0.0841. The van der Waals surface area contributed by atoms with E-state index >= 15 is 0 Å². The number of nitrogens with two attached hydrogens (primary N) is 1. The van der Waals surface area contributed by atoms with E-state index in [0.717, 1.165) is 11.3 Å². The van der Waals surface area contributed by atoms with Crippen LogP contribution in [0.4, 0.5) is 15.8 Å². The van der Waals surface area contributed by atoms with E-state index in [1.54, 1.807) is 30.3 Å². The lowest BCUT2D eigenvalue weighted by molar-refractivity contribution is 0.0473. The minimum Gasteiger partial charge on any atom is -0.457 e. The molecule has 110 valence electrons. The van der Waals surface area contributed by atoms with Gasteiger partial charge in [0.1, 0.15) is 12.4 Å². The molecule has 0 radical (unpaired) electrons. The first-order valence-corrected chi connectivity index (χ1v) is 6.46. The molecule has 0 saturated carbocycles. The molecule has 0 aromatic heterocycles. The van der Waals surface area contributed by atoms with Crippen molar-refractivity contribution in [3.8, 4) is 0 Å². The van der Waals surface area contributed by atoms with Gasteiger partial charge < -0.3 is 15.4 Å². The summed E-state index contributed by atoms with van der Waals surface area (Å²) in [4.78, 5) is 14.0. The molecular formula is C16H17FN2O2. The summed E-state index contributed by atoms with van der Waals surface area (Å²) in [6.07, 6.45) is 0. The number of nitrogen functional groups attached to an aromatic ring is 1. The summed E-state index contributed by atoms with van der Waals surface area (Å²) in [5.74, 6) is -0.786. The highest BCUT2D eigenvalue weighted by molar-refractivity contribution is 5.96. The zero-order chi connectivity index (χ0) is 15.4.